The molecule has 1 heterocycles. The Morgan fingerprint density at radius 3 is 2.67 bits per heavy atom. The van der Waals surface area contributed by atoms with Gasteiger partial charge in [0.1, 0.15) is 11.6 Å². The predicted octanol–water partition coefficient (Wildman–Crippen LogP) is 2.91. The smallest absolute Gasteiger partial charge is 0.285 e. The molecular formula is C13H10ClN3O4. The number of anilines is 1. The van der Waals surface area contributed by atoms with Crippen LogP contribution in [0.2, 0.25) is 5.02 Å². The first-order valence-corrected chi connectivity index (χ1v) is 6.18. The van der Waals surface area contributed by atoms with Crippen molar-refractivity contribution in [2.24, 2.45) is 0 Å². The van der Waals surface area contributed by atoms with Gasteiger partial charge in [-0.15, -0.1) is 0 Å². The van der Waals surface area contributed by atoms with Crippen molar-refractivity contribution in [1.82, 2.24) is 4.98 Å². The summed E-state index contributed by atoms with van der Waals surface area (Å²) >= 11 is 5.67. The molecule has 0 bridgehead atoms. The van der Waals surface area contributed by atoms with Gasteiger partial charge in [0, 0.05) is 12.3 Å². The topological polar surface area (TPSA) is 105 Å². The van der Waals surface area contributed by atoms with Gasteiger partial charge in [0.25, 0.3) is 11.6 Å². The number of rotatable bonds is 3. The number of benzene rings is 1. The van der Waals surface area contributed by atoms with Crippen LogP contribution in [0.1, 0.15) is 15.9 Å². The fraction of sp³-hybridized carbons (Fsp3) is 0.0769. The van der Waals surface area contributed by atoms with Crippen LogP contribution < -0.4 is 5.32 Å². The predicted molar refractivity (Wildman–Crippen MR) is 76.7 cm³/mol. The Hall–Kier alpha value is -2.67. The number of aromatic hydroxyl groups is 1. The number of hydrogen-bond donors (Lipinski definition) is 2. The Morgan fingerprint density at radius 1 is 1.38 bits per heavy atom. The van der Waals surface area contributed by atoms with Crippen LogP contribution in [0, 0.1) is 17.0 Å². The highest BCUT2D eigenvalue weighted by Crippen LogP contribution is 2.31. The lowest BCUT2D eigenvalue weighted by atomic mass is 10.1. The molecule has 8 heteroatoms. The molecule has 0 spiro atoms. The van der Waals surface area contributed by atoms with Crippen molar-refractivity contribution in [2.45, 2.75) is 6.92 Å². The minimum absolute atomic E-state index is 0.166. The van der Waals surface area contributed by atoms with Gasteiger partial charge in [-0.1, -0.05) is 11.6 Å². The van der Waals surface area contributed by atoms with Gasteiger partial charge >= 0.3 is 0 Å². The van der Waals surface area contributed by atoms with Crippen LogP contribution in [-0.2, 0) is 0 Å². The van der Waals surface area contributed by atoms with E-state index in [0.717, 1.165) is 0 Å². The lowest BCUT2D eigenvalue weighted by Crippen LogP contribution is -2.15. The van der Waals surface area contributed by atoms with Crippen LogP contribution in [-0.4, -0.2) is 20.9 Å². The number of phenolic OH excluding ortho intramolecular Hbond substituents is 1. The highest BCUT2D eigenvalue weighted by Gasteiger charge is 2.25. The van der Waals surface area contributed by atoms with Crippen molar-refractivity contribution in [3.8, 4) is 5.75 Å². The normalized spacial score (nSPS) is 10.2. The van der Waals surface area contributed by atoms with E-state index >= 15 is 0 Å². The maximum atomic E-state index is 12.1. The minimum Gasteiger partial charge on any atom is -0.507 e. The van der Waals surface area contributed by atoms with Gasteiger partial charge in [0.05, 0.1) is 9.95 Å². The lowest BCUT2D eigenvalue weighted by molar-refractivity contribution is -0.385. The molecule has 0 unspecified atom stereocenters. The average Bonchev–Trinajstić information content (AvgIpc) is 2.43. The van der Waals surface area contributed by atoms with Gasteiger partial charge in [0.15, 0.2) is 5.56 Å². The molecule has 1 aromatic carbocycles. The van der Waals surface area contributed by atoms with Gasteiger partial charge < -0.3 is 10.4 Å². The number of pyridine rings is 1. The van der Waals surface area contributed by atoms with E-state index in [0.29, 0.717) is 10.6 Å². The van der Waals surface area contributed by atoms with Crippen LogP contribution in [0.25, 0.3) is 0 Å². The summed E-state index contributed by atoms with van der Waals surface area (Å²) < 4.78 is 0. The Labute approximate surface area is 124 Å². The molecule has 0 atom stereocenters. The first-order valence-electron chi connectivity index (χ1n) is 5.80. The number of nitrogens with zero attached hydrogens (tertiary/aromatic N) is 2. The maximum absolute atomic E-state index is 12.1. The molecule has 21 heavy (non-hydrogen) atoms. The van der Waals surface area contributed by atoms with Crippen molar-refractivity contribution < 1.29 is 14.8 Å². The number of hydrogen-bond acceptors (Lipinski definition) is 5. The van der Waals surface area contributed by atoms with E-state index in [4.69, 9.17) is 11.6 Å². The molecule has 2 rings (SSSR count). The number of aryl methyl sites for hydroxylation is 1. The molecule has 2 N–H and O–H groups in total. The summed E-state index contributed by atoms with van der Waals surface area (Å²) in [7, 11) is 0. The molecule has 0 saturated carbocycles. The second-order valence-corrected chi connectivity index (χ2v) is 4.63. The molecule has 1 amide bonds. The number of aromatic nitrogens is 1. The molecular weight excluding hydrogens is 298 g/mol. The number of nitro groups is 1. The summed E-state index contributed by atoms with van der Waals surface area (Å²) in [6.07, 6.45) is 1.32. The zero-order chi connectivity index (χ0) is 15.6. The van der Waals surface area contributed by atoms with Crippen LogP contribution in [0.4, 0.5) is 11.5 Å². The number of carbonyl (C=O) groups is 1. The van der Waals surface area contributed by atoms with Crippen LogP contribution >= 0.6 is 11.6 Å². The largest absolute Gasteiger partial charge is 0.507 e. The highest BCUT2D eigenvalue weighted by molar-refractivity contribution is 6.30. The monoisotopic (exact) mass is 307 g/mol. The summed E-state index contributed by atoms with van der Waals surface area (Å²) in [5.74, 6) is -1.09. The van der Waals surface area contributed by atoms with E-state index in [1.807, 2.05) is 0 Å². The highest BCUT2D eigenvalue weighted by atomic mass is 35.5. The summed E-state index contributed by atoms with van der Waals surface area (Å²) in [5.41, 5.74) is -0.531. The van der Waals surface area contributed by atoms with Crippen molar-refractivity contribution in [3.05, 3.63) is 56.7 Å². The molecule has 0 fully saturated rings. The van der Waals surface area contributed by atoms with Crippen molar-refractivity contribution >= 4 is 29.0 Å². The Morgan fingerprint density at radius 2 is 2.10 bits per heavy atom. The molecule has 7 nitrogen and oxygen atoms in total. The zero-order valence-corrected chi connectivity index (χ0v) is 11.6. The first-order chi connectivity index (χ1) is 9.90. The van der Waals surface area contributed by atoms with Gasteiger partial charge in [-0.3, -0.25) is 14.9 Å². The number of phenols is 1. The van der Waals surface area contributed by atoms with E-state index in [9.17, 15) is 20.0 Å². The SMILES string of the molecule is Cc1ccc([N+](=O)[O-])c(C(=O)Nc2ccc(Cl)cn2)c1O. The quantitative estimate of drug-likeness (QED) is 0.670. The Kier molecular flexibility index (Phi) is 4.04. The van der Waals surface area contributed by atoms with E-state index in [-0.39, 0.29) is 5.82 Å². The third kappa shape index (κ3) is 3.09. The summed E-state index contributed by atoms with van der Waals surface area (Å²) in [6.45, 7) is 1.54. The fourth-order valence-corrected chi connectivity index (χ4v) is 1.80. The lowest BCUT2D eigenvalue weighted by Gasteiger charge is -2.08. The molecule has 108 valence electrons. The Balaban J connectivity index is 2.40. The standard InChI is InChI=1S/C13H10ClN3O4/c1-7-2-4-9(17(20)21)11(12(7)18)13(19)16-10-5-3-8(14)6-15-10/h2-6,18H,1H3,(H,15,16,19). The van der Waals surface area contributed by atoms with Gasteiger partial charge in [-0.05, 0) is 30.7 Å². The van der Waals surface area contributed by atoms with E-state index in [1.54, 1.807) is 0 Å². The van der Waals surface area contributed by atoms with Crippen molar-refractivity contribution in [3.63, 3.8) is 0 Å². The van der Waals surface area contributed by atoms with Crippen LogP contribution in [0.5, 0.6) is 5.75 Å². The molecule has 0 aliphatic heterocycles. The maximum Gasteiger partial charge on any atom is 0.285 e. The molecule has 0 radical (unpaired) electrons. The Bertz CT molecular complexity index is 716. The minimum atomic E-state index is -0.822. The van der Waals surface area contributed by atoms with Gasteiger partial charge in [-0.2, -0.15) is 0 Å². The van der Waals surface area contributed by atoms with E-state index in [1.165, 1.54) is 37.4 Å². The number of amides is 1. The second-order valence-electron chi connectivity index (χ2n) is 4.20. The molecule has 0 aliphatic carbocycles. The second kappa shape index (κ2) is 5.76. The molecule has 0 saturated heterocycles. The van der Waals surface area contributed by atoms with Crippen molar-refractivity contribution in [1.29, 1.82) is 0 Å². The summed E-state index contributed by atoms with van der Waals surface area (Å²) in [4.78, 5) is 26.2. The number of nitro benzene ring substituents is 1. The fourth-order valence-electron chi connectivity index (χ4n) is 1.69. The van der Waals surface area contributed by atoms with Gasteiger partial charge in [0.2, 0.25) is 0 Å². The number of nitrogens with one attached hydrogen (secondary N) is 1. The average molecular weight is 308 g/mol. The molecule has 0 aliphatic rings. The van der Waals surface area contributed by atoms with E-state index in [2.05, 4.69) is 10.3 Å². The summed E-state index contributed by atoms with van der Waals surface area (Å²) in [6, 6.07) is 5.48. The third-order valence-electron chi connectivity index (χ3n) is 2.75. The first kappa shape index (κ1) is 14.7. The number of carbonyl (C=O) groups excluding carboxylic acids is 1. The number of halogens is 1. The third-order valence-corrected chi connectivity index (χ3v) is 2.97. The van der Waals surface area contributed by atoms with Crippen LogP contribution in [0.3, 0.4) is 0 Å². The zero-order valence-electron chi connectivity index (χ0n) is 10.8. The summed E-state index contributed by atoms with van der Waals surface area (Å²) in [5, 5.41) is 23.6. The van der Waals surface area contributed by atoms with Crippen LogP contribution in [0.15, 0.2) is 30.5 Å². The molecule has 2 aromatic rings. The van der Waals surface area contributed by atoms with Gasteiger partial charge in [-0.25, -0.2) is 4.98 Å². The molecule has 1 aromatic heterocycles. The van der Waals surface area contributed by atoms with E-state index < -0.39 is 27.8 Å². The van der Waals surface area contributed by atoms with Crippen molar-refractivity contribution in [2.75, 3.05) is 5.32 Å².